The molecule has 0 aliphatic rings. The highest BCUT2D eigenvalue weighted by Crippen LogP contribution is 2.16. The lowest BCUT2D eigenvalue weighted by Crippen LogP contribution is -2.18. The van der Waals surface area contributed by atoms with Crippen molar-refractivity contribution in [2.45, 2.75) is 12.7 Å². The minimum Gasteiger partial charge on any atom is -0.481 e. The van der Waals surface area contributed by atoms with Crippen molar-refractivity contribution in [1.82, 2.24) is 0 Å². The van der Waals surface area contributed by atoms with E-state index in [0.29, 0.717) is 10.0 Å². The van der Waals surface area contributed by atoms with Crippen LogP contribution in [0.3, 0.4) is 0 Å². The topological polar surface area (TPSA) is 54.4 Å². The van der Waals surface area contributed by atoms with Crippen molar-refractivity contribution in [3.05, 3.63) is 34.1 Å². The van der Waals surface area contributed by atoms with Crippen molar-refractivity contribution in [2.24, 2.45) is 5.92 Å². The maximum atomic E-state index is 13.0. The molecule has 0 bridgehead atoms. The number of benzene rings is 1. The summed E-state index contributed by atoms with van der Waals surface area (Å²) in [6.45, 7) is 1.50. The lowest BCUT2D eigenvalue weighted by Gasteiger charge is -2.06. The Hall–Kier alpha value is -0.750. The molecule has 0 amide bonds. The van der Waals surface area contributed by atoms with Crippen LogP contribution >= 0.6 is 15.9 Å². The Kier molecular flexibility index (Phi) is 5.27. The largest absolute Gasteiger partial charge is 0.481 e. The van der Waals surface area contributed by atoms with E-state index in [1.54, 1.807) is 6.07 Å². The fraction of sp³-hybridized carbons (Fsp3) is 0.364. The van der Waals surface area contributed by atoms with Gasteiger partial charge in [0.15, 0.2) is 0 Å². The summed E-state index contributed by atoms with van der Waals surface area (Å²) in [6.07, 6.45) is 0. The molecular formula is C11H12BrFO3S. The lowest BCUT2D eigenvalue weighted by atomic mass is 10.2. The van der Waals surface area contributed by atoms with Gasteiger partial charge in [-0.05, 0) is 23.8 Å². The maximum Gasteiger partial charge on any atom is 0.307 e. The first-order chi connectivity index (χ1) is 7.88. The molecule has 0 radical (unpaired) electrons. The molecule has 2 atom stereocenters. The molecular weight excluding hydrogens is 311 g/mol. The molecule has 94 valence electrons. The van der Waals surface area contributed by atoms with Crippen molar-refractivity contribution in [3.63, 3.8) is 0 Å². The van der Waals surface area contributed by atoms with Crippen LogP contribution in [-0.4, -0.2) is 21.0 Å². The predicted octanol–water partition coefficient (Wildman–Crippen LogP) is 2.56. The van der Waals surface area contributed by atoms with Crippen molar-refractivity contribution >= 4 is 32.7 Å². The second-order valence-electron chi connectivity index (χ2n) is 3.77. The van der Waals surface area contributed by atoms with Gasteiger partial charge in [-0.1, -0.05) is 22.9 Å². The van der Waals surface area contributed by atoms with Crippen LogP contribution in [0.25, 0.3) is 0 Å². The number of carbonyl (C=O) groups is 1. The van der Waals surface area contributed by atoms with Gasteiger partial charge >= 0.3 is 5.97 Å². The molecule has 0 aliphatic carbocycles. The van der Waals surface area contributed by atoms with E-state index in [9.17, 15) is 13.4 Å². The number of hydrogen-bond donors (Lipinski definition) is 1. The van der Waals surface area contributed by atoms with E-state index in [-0.39, 0.29) is 11.5 Å². The second-order valence-corrected chi connectivity index (χ2v) is 6.19. The fourth-order valence-electron chi connectivity index (χ4n) is 1.29. The highest BCUT2D eigenvalue weighted by atomic mass is 79.9. The standard InChI is InChI=1S/C11H12BrFO3S/c1-7(11(14)15)5-17(16)6-8-2-9(12)4-10(13)3-8/h2-4,7H,5-6H2,1H3,(H,14,15). The third-order valence-electron chi connectivity index (χ3n) is 2.11. The summed E-state index contributed by atoms with van der Waals surface area (Å²) in [4.78, 5) is 10.6. The molecule has 3 nitrogen and oxygen atoms in total. The summed E-state index contributed by atoms with van der Waals surface area (Å²) in [5.41, 5.74) is 0.591. The van der Waals surface area contributed by atoms with Crippen LogP contribution in [0.2, 0.25) is 0 Å². The number of rotatable bonds is 5. The summed E-state index contributed by atoms with van der Waals surface area (Å²) in [6, 6.07) is 4.28. The Bertz CT molecular complexity index is 430. The van der Waals surface area contributed by atoms with Crippen molar-refractivity contribution in [1.29, 1.82) is 0 Å². The van der Waals surface area contributed by atoms with E-state index >= 15 is 0 Å². The van der Waals surface area contributed by atoms with Gasteiger partial charge in [0.2, 0.25) is 0 Å². The van der Waals surface area contributed by atoms with Crippen LogP contribution in [0, 0.1) is 11.7 Å². The van der Waals surface area contributed by atoms with E-state index in [1.165, 1.54) is 19.1 Å². The summed E-state index contributed by atoms with van der Waals surface area (Å²) in [5, 5.41) is 8.68. The van der Waals surface area contributed by atoms with Crippen molar-refractivity contribution in [2.75, 3.05) is 5.75 Å². The minimum absolute atomic E-state index is 0.0729. The van der Waals surface area contributed by atoms with Crippen LogP contribution in [0.5, 0.6) is 0 Å². The molecule has 0 saturated carbocycles. The molecule has 0 aromatic heterocycles. The zero-order valence-corrected chi connectivity index (χ0v) is 11.6. The van der Waals surface area contributed by atoms with E-state index in [0.717, 1.165) is 0 Å². The van der Waals surface area contributed by atoms with Gasteiger partial charge in [-0.3, -0.25) is 9.00 Å². The molecule has 1 aromatic rings. The maximum absolute atomic E-state index is 13.0. The molecule has 0 spiro atoms. The molecule has 0 aliphatic heterocycles. The molecule has 1 N–H and O–H groups in total. The van der Waals surface area contributed by atoms with Crippen molar-refractivity contribution < 1.29 is 18.5 Å². The molecule has 2 unspecified atom stereocenters. The molecule has 6 heteroatoms. The van der Waals surface area contributed by atoms with Crippen LogP contribution in [-0.2, 0) is 21.3 Å². The quantitative estimate of drug-likeness (QED) is 0.906. The predicted molar refractivity (Wildman–Crippen MR) is 67.6 cm³/mol. The zero-order chi connectivity index (χ0) is 13.0. The average Bonchev–Trinajstić information content (AvgIpc) is 2.14. The number of carboxylic acid groups (broad SMARTS) is 1. The third-order valence-corrected chi connectivity index (χ3v) is 4.09. The molecule has 1 rings (SSSR count). The van der Waals surface area contributed by atoms with Gasteiger partial charge in [-0.25, -0.2) is 4.39 Å². The SMILES string of the molecule is CC(CS(=O)Cc1cc(F)cc(Br)c1)C(=O)O. The summed E-state index contributed by atoms with van der Waals surface area (Å²) < 4.78 is 25.3. The van der Waals surface area contributed by atoms with E-state index in [4.69, 9.17) is 5.11 Å². The van der Waals surface area contributed by atoms with Gasteiger partial charge in [0.25, 0.3) is 0 Å². The fourth-order valence-corrected chi connectivity index (χ4v) is 3.16. The first-order valence-corrected chi connectivity index (χ1v) is 7.19. The zero-order valence-electron chi connectivity index (χ0n) is 9.15. The molecule has 1 aromatic carbocycles. The lowest BCUT2D eigenvalue weighted by molar-refractivity contribution is -0.140. The number of carboxylic acids is 1. The van der Waals surface area contributed by atoms with E-state index in [2.05, 4.69) is 15.9 Å². The Morgan fingerprint density at radius 2 is 2.18 bits per heavy atom. The van der Waals surface area contributed by atoms with Gasteiger partial charge < -0.3 is 5.11 Å². The number of halogens is 2. The highest BCUT2D eigenvalue weighted by Gasteiger charge is 2.15. The van der Waals surface area contributed by atoms with Gasteiger partial charge in [-0.2, -0.15) is 0 Å². The Balaban J connectivity index is 2.65. The molecule has 17 heavy (non-hydrogen) atoms. The Morgan fingerprint density at radius 3 is 2.71 bits per heavy atom. The van der Waals surface area contributed by atoms with Crippen molar-refractivity contribution in [3.8, 4) is 0 Å². The van der Waals surface area contributed by atoms with E-state index < -0.39 is 28.5 Å². The third kappa shape index (κ3) is 4.95. The average molecular weight is 323 g/mol. The van der Waals surface area contributed by atoms with E-state index in [1.807, 2.05) is 0 Å². The summed E-state index contributed by atoms with van der Waals surface area (Å²) in [5.74, 6) is -1.80. The minimum atomic E-state index is -1.31. The van der Waals surface area contributed by atoms with Gasteiger partial charge in [0, 0.05) is 26.8 Å². The molecule has 0 saturated heterocycles. The molecule has 0 fully saturated rings. The number of hydrogen-bond acceptors (Lipinski definition) is 2. The molecule has 0 heterocycles. The monoisotopic (exact) mass is 322 g/mol. The van der Waals surface area contributed by atoms with Crippen LogP contribution < -0.4 is 0 Å². The van der Waals surface area contributed by atoms with Crippen LogP contribution in [0.1, 0.15) is 12.5 Å². The second kappa shape index (κ2) is 6.26. The van der Waals surface area contributed by atoms with Gasteiger partial charge in [0.1, 0.15) is 5.82 Å². The first-order valence-electron chi connectivity index (χ1n) is 4.91. The Labute approximate surface area is 110 Å². The summed E-state index contributed by atoms with van der Waals surface area (Å²) in [7, 11) is -1.31. The number of aliphatic carboxylic acids is 1. The normalized spacial score (nSPS) is 14.3. The van der Waals surface area contributed by atoms with Gasteiger partial charge in [-0.15, -0.1) is 0 Å². The van der Waals surface area contributed by atoms with Crippen LogP contribution in [0.15, 0.2) is 22.7 Å². The Morgan fingerprint density at radius 1 is 1.53 bits per heavy atom. The first kappa shape index (κ1) is 14.3. The van der Waals surface area contributed by atoms with Crippen LogP contribution in [0.4, 0.5) is 4.39 Å². The smallest absolute Gasteiger partial charge is 0.307 e. The van der Waals surface area contributed by atoms with Gasteiger partial charge in [0.05, 0.1) is 5.92 Å². The highest BCUT2D eigenvalue weighted by molar-refractivity contribution is 9.10. The summed E-state index contributed by atoms with van der Waals surface area (Å²) >= 11 is 3.14.